The van der Waals surface area contributed by atoms with Crippen molar-refractivity contribution in [2.75, 3.05) is 6.54 Å². The second kappa shape index (κ2) is 8.93. The van der Waals surface area contributed by atoms with E-state index in [0.717, 1.165) is 29.8 Å². The number of ether oxygens (including phenoxy) is 1. The number of aromatic nitrogens is 3. The summed E-state index contributed by atoms with van der Waals surface area (Å²) in [5.41, 5.74) is 9.95. The molecule has 1 aromatic carbocycles. The van der Waals surface area contributed by atoms with Crippen molar-refractivity contribution >= 4 is 11.9 Å². The summed E-state index contributed by atoms with van der Waals surface area (Å²) >= 11 is 0. The number of hydrogen-bond acceptors (Lipinski definition) is 8. The van der Waals surface area contributed by atoms with E-state index in [0.29, 0.717) is 30.2 Å². The number of pyridine rings is 1. The first-order valence-electron chi connectivity index (χ1n) is 10.6. The van der Waals surface area contributed by atoms with Crippen LogP contribution in [-0.2, 0) is 19.7 Å². The number of hydrazine groups is 1. The Labute approximate surface area is 189 Å². The van der Waals surface area contributed by atoms with Crippen LogP contribution in [0.2, 0.25) is 0 Å². The number of carbonyl (C=O) groups excluding carboxylic acids is 1. The van der Waals surface area contributed by atoms with Crippen LogP contribution in [0, 0.1) is 0 Å². The van der Waals surface area contributed by atoms with Crippen molar-refractivity contribution in [1.29, 1.82) is 0 Å². The predicted octanol–water partition coefficient (Wildman–Crippen LogP) is 1.84. The molecule has 1 saturated heterocycles. The van der Waals surface area contributed by atoms with Gasteiger partial charge in [-0.1, -0.05) is 12.1 Å². The Balaban J connectivity index is 1.22. The molecule has 3 N–H and O–H groups in total. The Morgan fingerprint density at radius 2 is 2.06 bits per heavy atom. The summed E-state index contributed by atoms with van der Waals surface area (Å²) in [4.78, 5) is 38.1. The molecule has 10 nitrogen and oxygen atoms in total. The maximum Gasteiger partial charge on any atom is 0.373 e. The number of fused-ring (bicyclic) bond motifs is 1. The number of benzene rings is 1. The normalized spacial score (nSPS) is 17.1. The average Bonchev–Trinajstić information content (AvgIpc) is 3.52. The first kappa shape index (κ1) is 21.0. The fraction of sp³-hybridized carbons (Fsp3) is 0.261. The minimum atomic E-state index is -1.19. The maximum absolute atomic E-state index is 13.0. The summed E-state index contributed by atoms with van der Waals surface area (Å²) in [7, 11) is 0. The zero-order chi connectivity index (χ0) is 22.8. The molecule has 5 rings (SSSR count). The van der Waals surface area contributed by atoms with Crippen LogP contribution in [0.4, 0.5) is 0 Å². The van der Waals surface area contributed by atoms with E-state index in [9.17, 15) is 9.59 Å². The minimum Gasteiger partial charge on any atom is -0.487 e. The van der Waals surface area contributed by atoms with Gasteiger partial charge >= 0.3 is 5.97 Å². The molecule has 2 aliphatic heterocycles. The quantitative estimate of drug-likeness (QED) is 0.519. The molecule has 0 saturated carbocycles. The highest BCUT2D eigenvalue weighted by Crippen LogP contribution is 2.23. The number of carboxylic acid groups (broad SMARTS) is 1. The lowest BCUT2D eigenvalue weighted by Crippen LogP contribution is -2.25. The topological polar surface area (TPSA) is 130 Å². The Kier molecular flexibility index (Phi) is 5.68. The van der Waals surface area contributed by atoms with E-state index in [1.165, 1.54) is 6.20 Å². The average molecular weight is 446 g/mol. The standard InChI is InChI=1S/C23H22N6O4/c30-22(29-11-16-9-25-21(23(31)32)27-20(16)12-29)15-3-1-2-14(8-15)13-33-17-4-5-18(24-10-17)19-6-7-26-28-19/h1-5,8-10,19,26,28H,6-7,11-13H2,(H,31,32). The Morgan fingerprint density at radius 1 is 1.15 bits per heavy atom. The van der Waals surface area contributed by atoms with Gasteiger partial charge in [0.15, 0.2) is 0 Å². The zero-order valence-electron chi connectivity index (χ0n) is 17.7. The highest BCUT2D eigenvalue weighted by molar-refractivity contribution is 5.94. The SMILES string of the molecule is O=C(O)c1ncc2c(n1)CN(C(=O)c1cccc(COc3ccc(C4CCNN4)nc3)c1)C2. The van der Waals surface area contributed by atoms with Gasteiger partial charge in [-0.25, -0.2) is 20.2 Å². The van der Waals surface area contributed by atoms with Gasteiger partial charge < -0.3 is 14.7 Å². The van der Waals surface area contributed by atoms with E-state index in [-0.39, 0.29) is 24.3 Å². The van der Waals surface area contributed by atoms with Crippen molar-refractivity contribution in [3.05, 3.63) is 82.7 Å². The van der Waals surface area contributed by atoms with E-state index in [2.05, 4.69) is 25.8 Å². The van der Waals surface area contributed by atoms with Crippen LogP contribution in [-0.4, -0.2) is 43.4 Å². The molecule has 2 aliphatic rings. The number of amides is 1. The lowest BCUT2D eigenvalue weighted by Gasteiger charge is -2.16. The van der Waals surface area contributed by atoms with Crippen molar-refractivity contribution in [3.8, 4) is 5.75 Å². The molecule has 4 heterocycles. The summed E-state index contributed by atoms with van der Waals surface area (Å²) in [5, 5.41) is 9.07. The Bertz CT molecular complexity index is 1190. The van der Waals surface area contributed by atoms with Gasteiger partial charge in [0.25, 0.3) is 5.91 Å². The van der Waals surface area contributed by atoms with Crippen LogP contribution in [0.5, 0.6) is 5.75 Å². The molecule has 1 fully saturated rings. The van der Waals surface area contributed by atoms with Gasteiger partial charge in [0, 0.05) is 30.4 Å². The molecule has 0 spiro atoms. The van der Waals surface area contributed by atoms with Crippen LogP contribution >= 0.6 is 0 Å². The van der Waals surface area contributed by atoms with Crippen molar-refractivity contribution < 1.29 is 19.4 Å². The van der Waals surface area contributed by atoms with E-state index in [4.69, 9.17) is 9.84 Å². The third-order valence-corrected chi connectivity index (χ3v) is 5.66. The summed E-state index contributed by atoms with van der Waals surface area (Å²) < 4.78 is 5.86. The van der Waals surface area contributed by atoms with Crippen LogP contribution in [0.25, 0.3) is 0 Å². The van der Waals surface area contributed by atoms with Crippen molar-refractivity contribution in [3.63, 3.8) is 0 Å². The van der Waals surface area contributed by atoms with Gasteiger partial charge in [-0.05, 0) is 36.2 Å². The number of carbonyl (C=O) groups is 2. The third-order valence-electron chi connectivity index (χ3n) is 5.66. The number of aromatic carboxylic acids is 1. The molecule has 1 atom stereocenters. The maximum atomic E-state index is 13.0. The van der Waals surface area contributed by atoms with Gasteiger partial charge in [0.2, 0.25) is 5.82 Å². The monoisotopic (exact) mass is 446 g/mol. The molecule has 1 amide bonds. The summed E-state index contributed by atoms with van der Waals surface area (Å²) in [6.45, 7) is 1.82. The van der Waals surface area contributed by atoms with Crippen molar-refractivity contribution in [2.24, 2.45) is 0 Å². The molecule has 10 heteroatoms. The second-order valence-corrected chi connectivity index (χ2v) is 7.95. The lowest BCUT2D eigenvalue weighted by atomic mass is 10.1. The Hall–Kier alpha value is -3.89. The van der Waals surface area contributed by atoms with Crippen molar-refractivity contribution in [2.45, 2.75) is 32.2 Å². The molecular formula is C23H22N6O4. The highest BCUT2D eigenvalue weighted by atomic mass is 16.5. The molecule has 168 valence electrons. The molecule has 1 unspecified atom stereocenters. The molecule has 0 bridgehead atoms. The van der Waals surface area contributed by atoms with E-state index < -0.39 is 5.97 Å². The van der Waals surface area contributed by atoms with E-state index >= 15 is 0 Å². The largest absolute Gasteiger partial charge is 0.487 e. The van der Waals surface area contributed by atoms with Crippen LogP contribution in [0.3, 0.4) is 0 Å². The molecular weight excluding hydrogens is 424 g/mol. The molecule has 0 radical (unpaired) electrons. The number of hydrogen-bond donors (Lipinski definition) is 3. The third kappa shape index (κ3) is 4.52. The summed E-state index contributed by atoms with van der Waals surface area (Å²) in [6.07, 6.45) is 4.17. The lowest BCUT2D eigenvalue weighted by molar-refractivity contribution is 0.0683. The molecule has 2 aromatic heterocycles. The number of carboxylic acids is 1. The minimum absolute atomic E-state index is 0.157. The van der Waals surface area contributed by atoms with Gasteiger partial charge in [-0.3, -0.25) is 15.2 Å². The smallest absolute Gasteiger partial charge is 0.373 e. The van der Waals surface area contributed by atoms with Crippen LogP contribution in [0.1, 0.15) is 56.0 Å². The first-order valence-corrected chi connectivity index (χ1v) is 10.6. The van der Waals surface area contributed by atoms with Crippen LogP contribution in [0.15, 0.2) is 48.8 Å². The first-order chi connectivity index (χ1) is 16.1. The van der Waals surface area contributed by atoms with Gasteiger partial charge in [0.1, 0.15) is 12.4 Å². The second-order valence-electron chi connectivity index (χ2n) is 7.95. The highest BCUT2D eigenvalue weighted by Gasteiger charge is 2.27. The van der Waals surface area contributed by atoms with E-state index in [1.54, 1.807) is 23.2 Å². The fourth-order valence-electron chi connectivity index (χ4n) is 3.93. The van der Waals surface area contributed by atoms with Gasteiger partial charge in [0.05, 0.1) is 30.2 Å². The predicted molar refractivity (Wildman–Crippen MR) is 116 cm³/mol. The summed E-state index contributed by atoms with van der Waals surface area (Å²) in [6, 6.07) is 11.3. The van der Waals surface area contributed by atoms with Gasteiger partial charge in [-0.15, -0.1) is 0 Å². The molecule has 33 heavy (non-hydrogen) atoms. The van der Waals surface area contributed by atoms with E-state index in [1.807, 2.05) is 24.3 Å². The number of nitrogens with zero attached hydrogens (tertiary/aromatic N) is 4. The van der Waals surface area contributed by atoms with Crippen LogP contribution < -0.4 is 15.6 Å². The summed E-state index contributed by atoms with van der Waals surface area (Å²) in [5.74, 6) is -0.951. The molecule has 0 aliphatic carbocycles. The van der Waals surface area contributed by atoms with Gasteiger partial charge in [-0.2, -0.15) is 0 Å². The number of nitrogens with one attached hydrogen (secondary N) is 2. The fourth-order valence-corrected chi connectivity index (χ4v) is 3.93. The number of rotatable bonds is 6. The molecule has 3 aromatic rings. The zero-order valence-corrected chi connectivity index (χ0v) is 17.7. The van der Waals surface area contributed by atoms with Crippen molar-refractivity contribution in [1.82, 2.24) is 30.7 Å². The Morgan fingerprint density at radius 3 is 2.82 bits per heavy atom.